The SMILES string of the molecule is CC(C)CC1(C(Cl)c2cc(F)c(F)cc2Cl)CCCC1. The van der Waals surface area contributed by atoms with E-state index in [0.717, 1.165) is 44.2 Å². The van der Waals surface area contributed by atoms with E-state index < -0.39 is 11.6 Å². The van der Waals surface area contributed by atoms with E-state index in [1.54, 1.807) is 0 Å². The van der Waals surface area contributed by atoms with Crippen LogP contribution in [0.25, 0.3) is 0 Å². The molecule has 2 rings (SSSR count). The lowest BCUT2D eigenvalue weighted by molar-refractivity contribution is 0.223. The Morgan fingerprint density at radius 3 is 2.25 bits per heavy atom. The predicted molar refractivity (Wildman–Crippen MR) is 80.3 cm³/mol. The highest BCUT2D eigenvalue weighted by Crippen LogP contribution is 2.55. The smallest absolute Gasteiger partial charge is 0.160 e. The standard InChI is InChI=1S/C16H20Cl2F2/c1-10(2)9-16(5-3-4-6-16)15(18)11-7-13(19)14(20)8-12(11)17/h7-8,10,15H,3-6,9H2,1-2H3. The number of alkyl halides is 1. The number of rotatable bonds is 4. The van der Waals surface area contributed by atoms with Crippen molar-refractivity contribution in [2.75, 3.05) is 0 Å². The van der Waals surface area contributed by atoms with Crippen LogP contribution in [0.5, 0.6) is 0 Å². The zero-order valence-electron chi connectivity index (χ0n) is 11.9. The molecule has 1 saturated carbocycles. The van der Waals surface area contributed by atoms with E-state index in [1.807, 2.05) is 0 Å². The molecular formula is C16H20Cl2F2. The average Bonchev–Trinajstić information content (AvgIpc) is 2.81. The molecule has 1 atom stereocenters. The summed E-state index contributed by atoms with van der Waals surface area (Å²) < 4.78 is 26.7. The number of hydrogen-bond donors (Lipinski definition) is 0. The van der Waals surface area contributed by atoms with Crippen LogP contribution in [0.2, 0.25) is 5.02 Å². The molecule has 0 heterocycles. The van der Waals surface area contributed by atoms with Gasteiger partial charge < -0.3 is 0 Å². The third-order valence-electron chi connectivity index (χ3n) is 4.26. The first-order valence-electron chi connectivity index (χ1n) is 7.14. The maximum absolute atomic E-state index is 13.5. The summed E-state index contributed by atoms with van der Waals surface area (Å²) in [7, 11) is 0. The first kappa shape index (κ1) is 16.0. The molecule has 1 unspecified atom stereocenters. The van der Waals surface area contributed by atoms with E-state index >= 15 is 0 Å². The van der Waals surface area contributed by atoms with Crippen molar-refractivity contribution in [3.8, 4) is 0 Å². The van der Waals surface area contributed by atoms with E-state index in [1.165, 1.54) is 0 Å². The van der Waals surface area contributed by atoms with Crippen molar-refractivity contribution in [1.29, 1.82) is 0 Å². The van der Waals surface area contributed by atoms with Crippen molar-refractivity contribution in [2.24, 2.45) is 11.3 Å². The fourth-order valence-electron chi connectivity index (χ4n) is 3.52. The minimum absolute atomic E-state index is 0.0520. The van der Waals surface area contributed by atoms with Crippen molar-refractivity contribution < 1.29 is 8.78 Å². The number of hydrogen-bond acceptors (Lipinski definition) is 0. The molecule has 1 aliphatic carbocycles. The van der Waals surface area contributed by atoms with Gasteiger partial charge in [0.05, 0.1) is 5.38 Å². The van der Waals surface area contributed by atoms with Crippen LogP contribution in [-0.4, -0.2) is 0 Å². The Morgan fingerprint density at radius 2 is 1.70 bits per heavy atom. The van der Waals surface area contributed by atoms with Crippen molar-refractivity contribution in [2.45, 2.75) is 51.3 Å². The zero-order chi connectivity index (χ0) is 14.9. The van der Waals surface area contributed by atoms with E-state index in [-0.39, 0.29) is 15.8 Å². The van der Waals surface area contributed by atoms with Gasteiger partial charge in [-0.25, -0.2) is 8.78 Å². The molecule has 1 aliphatic rings. The molecule has 0 nitrogen and oxygen atoms in total. The van der Waals surface area contributed by atoms with Gasteiger partial charge in [0.2, 0.25) is 0 Å². The normalized spacial score (nSPS) is 19.6. The van der Waals surface area contributed by atoms with E-state index in [9.17, 15) is 8.78 Å². The molecule has 1 aromatic carbocycles. The quantitative estimate of drug-likeness (QED) is 0.438. The molecule has 0 amide bonds. The van der Waals surface area contributed by atoms with E-state index in [0.29, 0.717) is 11.5 Å². The molecule has 0 radical (unpaired) electrons. The molecule has 0 aromatic heterocycles. The second kappa shape index (κ2) is 6.19. The maximum Gasteiger partial charge on any atom is 0.160 e. The van der Waals surface area contributed by atoms with Gasteiger partial charge in [0.15, 0.2) is 11.6 Å². The molecular weight excluding hydrogens is 301 g/mol. The highest BCUT2D eigenvalue weighted by molar-refractivity contribution is 6.32. The predicted octanol–water partition coefficient (Wildman–Crippen LogP) is 6.50. The second-order valence-electron chi connectivity index (χ2n) is 6.32. The third kappa shape index (κ3) is 3.12. The molecule has 0 aliphatic heterocycles. The summed E-state index contributed by atoms with van der Waals surface area (Å²) in [5, 5.41) is -0.145. The summed E-state index contributed by atoms with van der Waals surface area (Å²) in [5.41, 5.74) is 0.471. The molecule has 112 valence electrons. The van der Waals surface area contributed by atoms with Gasteiger partial charge in [-0.05, 0) is 48.3 Å². The van der Waals surface area contributed by atoms with Gasteiger partial charge in [-0.1, -0.05) is 38.3 Å². The molecule has 4 heteroatoms. The first-order chi connectivity index (χ1) is 9.35. The Hall–Kier alpha value is -0.340. The van der Waals surface area contributed by atoms with Crippen LogP contribution in [-0.2, 0) is 0 Å². The van der Waals surface area contributed by atoms with Crippen LogP contribution in [0.1, 0.15) is 56.9 Å². The van der Waals surface area contributed by atoms with Gasteiger partial charge in [-0.15, -0.1) is 11.6 Å². The monoisotopic (exact) mass is 320 g/mol. The summed E-state index contributed by atoms with van der Waals surface area (Å²) in [4.78, 5) is 0. The Balaban J connectivity index is 2.37. The van der Waals surface area contributed by atoms with E-state index in [2.05, 4.69) is 13.8 Å². The summed E-state index contributed by atoms with van der Waals surface area (Å²) in [6.07, 6.45) is 5.30. The largest absolute Gasteiger partial charge is 0.204 e. The summed E-state index contributed by atoms with van der Waals surface area (Å²) in [6, 6.07) is 2.19. The van der Waals surface area contributed by atoms with Crippen molar-refractivity contribution in [3.63, 3.8) is 0 Å². The van der Waals surface area contributed by atoms with Gasteiger partial charge in [0.1, 0.15) is 0 Å². The third-order valence-corrected chi connectivity index (χ3v) is 5.29. The fourth-order valence-corrected chi connectivity index (χ4v) is 4.32. The molecule has 0 N–H and O–H groups in total. The topological polar surface area (TPSA) is 0 Å². The second-order valence-corrected chi connectivity index (χ2v) is 7.16. The zero-order valence-corrected chi connectivity index (χ0v) is 13.4. The van der Waals surface area contributed by atoms with Gasteiger partial charge in [-0.3, -0.25) is 0 Å². The van der Waals surface area contributed by atoms with Gasteiger partial charge in [0, 0.05) is 5.02 Å². The van der Waals surface area contributed by atoms with E-state index in [4.69, 9.17) is 23.2 Å². The molecule has 0 spiro atoms. The van der Waals surface area contributed by atoms with Crippen molar-refractivity contribution >= 4 is 23.2 Å². The lowest BCUT2D eigenvalue weighted by atomic mass is 9.73. The van der Waals surface area contributed by atoms with Gasteiger partial charge in [0.25, 0.3) is 0 Å². The Labute approximate surface area is 129 Å². The van der Waals surface area contributed by atoms with Gasteiger partial charge in [-0.2, -0.15) is 0 Å². The molecule has 0 bridgehead atoms. The highest BCUT2D eigenvalue weighted by Gasteiger charge is 2.42. The lowest BCUT2D eigenvalue weighted by Crippen LogP contribution is -2.25. The molecule has 20 heavy (non-hydrogen) atoms. The highest BCUT2D eigenvalue weighted by atomic mass is 35.5. The lowest BCUT2D eigenvalue weighted by Gasteiger charge is -2.36. The number of benzene rings is 1. The Kier molecular flexibility index (Phi) is 4.96. The van der Waals surface area contributed by atoms with Crippen molar-refractivity contribution in [1.82, 2.24) is 0 Å². The Bertz CT molecular complexity index is 480. The van der Waals surface area contributed by atoms with Crippen LogP contribution in [0.4, 0.5) is 8.78 Å². The average molecular weight is 321 g/mol. The molecule has 1 fully saturated rings. The summed E-state index contributed by atoms with van der Waals surface area (Å²) in [5.74, 6) is -1.29. The maximum atomic E-state index is 13.5. The summed E-state index contributed by atoms with van der Waals surface area (Å²) >= 11 is 12.8. The van der Waals surface area contributed by atoms with Crippen LogP contribution in [0, 0.1) is 23.0 Å². The summed E-state index contributed by atoms with van der Waals surface area (Å²) in [6.45, 7) is 4.33. The van der Waals surface area contributed by atoms with Crippen LogP contribution in [0.15, 0.2) is 12.1 Å². The molecule has 0 saturated heterocycles. The van der Waals surface area contributed by atoms with Gasteiger partial charge >= 0.3 is 0 Å². The fraction of sp³-hybridized carbons (Fsp3) is 0.625. The van der Waals surface area contributed by atoms with Crippen LogP contribution in [0.3, 0.4) is 0 Å². The Morgan fingerprint density at radius 1 is 1.15 bits per heavy atom. The molecule has 1 aromatic rings. The number of halogens is 4. The minimum Gasteiger partial charge on any atom is -0.204 e. The van der Waals surface area contributed by atoms with Crippen LogP contribution < -0.4 is 0 Å². The minimum atomic E-state index is -0.924. The van der Waals surface area contributed by atoms with Crippen molar-refractivity contribution in [3.05, 3.63) is 34.4 Å². The first-order valence-corrected chi connectivity index (χ1v) is 7.96. The van der Waals surface area contributed by atoms with Crippen LogP contribution >= 0.6 is 23.2 Å².